The van der Waals surface area contributed by atoms with Gasteiger partial charge in [-0.2, -0.15) is 0 Å². The van der Waals surface area contributed by atoms with Crippen molar-refractivity contribution in [3.05, 3.63) is 47.2 Å². The molecule has 130 valence electrons. The van der Waals surface area contributed by atoms with Gasteiger partial charge in [0, 0.05) is 23.7 Å². The van der Waals surface area contributed by atoms with Gasteiger partial charge in [0.1, 0.15) is 12.3 Å². The molecule has 0 aliphatic carbocycles. The van der Waals surface area contributed by atoms with Crippen LogP contribution < -0.4 is 10.6 Å². The number of guanidine groups is 1. The summed E-state index contributed by atoms with van der Waals surface area (Å²) < 4.78 is 5.56. The molecule has 0 amide bonds. The number of hydrogen-bond acceptors (Lipinski definition) is 4. The summed E-state index contributed by atoms with van der Waals surface area (Å²) in [6.07, 6.45) is 0. The van der Waals surface area contributed by atoms with Crippen LogP contribution in [0.1, 0.15) is 29.8 Å². The molecule has 5 nitrogen and oxygen atoms in total. The molecule has 0 saturated carbocycles. The second-order valence-corrected chi connectivity index (χ2v) is 6.70. The van der Waals surface area contributed by atoms with Gasteiger partial charge < -0.3 is 15.1 Å². The molecule has 0 spiro atoms. The number of rotatable bonds is 7. The molecule has 0 fully saturated rings. The predicted octanol–water partition coefficient (Wildman–Crippen LogP) is 3.45. The summed E-state index contributed by atoms with van der Waals surface area (Å²) in [5.41, 5.74) is 2.21. The average molecular weight is 347 g/mol. The molecular formula is C18H26N4OS. The fourth-order valence-electron chi connectivity index (χ4n) is 2.07. The molecule has 1 aromatic heterocycles. The van der Waals surface area contributed by atoms with Crippen molar-refractivity contribution in [2.24, 2.45) is 4.99 Å². The quantitative estimate of drug-likeness (QED) is 0.348. The molecule has 0 unspecified atom stereocenters. The molecule has 0 saturated heterocycles. The molecule has 24 heavy (non-hydrogen) atoms. The molecule has 2 N–H and O–H groups in total. The molecule has 0 atom stereocenters. The third kappa shape index (κ3) is 5.92. The predicted molar refractivity (Wildman–Crippen MR) is 101 cm³/mol. The Morgan fingerprint density at radius 2 is 1.92 bits per heavy atom. The van der Waals surface area contributed by atoms with E-state index >= 15 is 0 Å². The van der Waals surface area contributed by atoms with E-state index in [0.29, 0.717) is 12.4 Å². The largest absolute Gasteiger partial charge is 0.444 e. The third-order valence-electron chi connectivity index (χ3n) is 3.47. The van der Waals surface area contributed by atoms with Crippen LogP contribution in [0.2, 0.25) is 0 Å². The topological polar surface area (TPSA) is 62.5 Å². The van der Waals surface area contributed by atoms with Gasteiger partial charge in [0.15, 0.2) is 5.96 Å². The normalized spacial score (nSPS) is 11.6. The molecule has 2 aromatic rings. The Morgan fingerprint density at radius 3 is 2.54 bits per heavy atom. The van der Waals surface area contributed by atoms with Crippen molar-refractivity contribution in [2.75, 3.05) is 18.8 Å². The van der Waals surface area contributed by atoms with E-state index in [4.69, 9.17) is 4.42 Å². The summed E-state index contributed by atoms with van der Waals surface area (Å²) in [5, 5.41) is 6.58. The first-order valence-corrected chi connectivity index (χ1v) is 9.21. The van der Waals surface area contributed by atoms with Crippen LogP contribution in [0.3, 0.4) is 0 Å². The Labute approximate surface area is 148 Å². The first-order valence-electron chi connectivity index (χ1n) is 8.23. The molecule has 2 rings (SSSR count). The van der Waals surface area contributed by atoms with Crippen LogP contribution in [0.5, 0.6) is 0 Å². The Balaban J connectivity index is 1.79. The van der Waals surface area contributed by atoms with E-state index in [2.05, 4.69) is 58.7 Å². The minimum Gasteiger partial charge on any atom is -0.444 e. The Kier molecular flexibility index (Phi) is 7.18. The van der Waals surface area contributed by atoms with Gasteiger partial charge in [-0.1, -0.05) is 17.7 Å². The van der Waals surface area contributed by atoms with Gasteiger partial charge >= 0.3 is 0 Å². The highest BCUT2D eigenvalue weighted by Gasteiger charge is 2.05. The summed E-state index contributed by atoms with van der Waals surface area (Å²) in [7, 11) is 0. The van der Waals surface area contributed by atoms with Crippen molar-refractivity contribution >= 4 is 17.7 Å². The lowest BCUT2D eigenvalue weighted by Gasteiger charge is -2.10. The van der Waals surface area contributed by atoms with E-state index in [-0.39, 0.29) is 0 Å². The molecule has 0 aliphatic rings. The fraction of sp³-hybridized carbons (Fsp3) is 0.444. The fourth-order valence-corrected chi connectivity index (χ4v) is 2.84. The lowest BCUT2D eigenvalue weighted by atomic mass is 10.2. The summed E-state index contributed by atoms with van der Waals surface area (Å²) in [4.78, 5) is 10.2. The van der Waals surface area contributed by atoms with Crippen LogP contribution in [-0.2, 0) is 6.54 Å². The van der Waals surface area contributed by atoms with Crippen LogP contribution in [0.4, 0.5) is 0 Å². The minimum absolute atomic E-state index is 0.440. The van der Waals surface area contributed by atoms with Crippen LogP contribution in [0.25, 0.3) is 0 Å². The number of hydrogen-bond donors (Lipinski definition) is 2. The van der Waals surface area contributed by atoms with Gasteiger partial charge in [-0.3, -0.25) is 0 Å². The maximum Gasteiger partial charge on any atom is 0.216 e. The summed E-state index contributed by atoms with van der Waals surface area (Å²) in [5.74, 6) is 3.27. The van der Waals surface area contributed by atoms with Crippen molar-refractivity contribution in [1.29, 1.82) is 0 Å². The Morgan fingerprint density at radius 1 is 1.17 bits per heavy atom. The van der Waals surface area contributed by atoms with Crippen LogP contribution in [0.15, 0.2) is 38.6 Å². The zero-order chi connectivity index (χ0) is 17.4. The molecule has 0 aliphatic heterocycles. The van der Waals surface area contributed by atoms with Crippen molar-refractivity contribution in [1.82, 2.24) is 15.6 Å². The second kappa shape index (κ2) is 9.37. The van der Waals surface area contributed by atoms with E-state index in [1.54, 1.807) is 0 Å². The summed E-state index contributed by atoms with van der Waals surface area (Å²) in [6.45, 7) is 10.1. The van der Waals surface area contributed by atoms with Gasteiger partial charge in [0.2, 0.25) is 5.89 Å². The highest BCUT2D eigenvalue weighted by Crippen LogP contribution is 2.17. The number of aliphatic imine (C=N–C) groups is 1. The third-order valence-corrected chi connectivity index (χ3v) is 4.49. The zero-order valence-corrected chi connectivity index (χ0v) is 15.7. The molecule has 6 heteroatoms. The maximum atomic E-state index is 5.56. The SMILES string of the molecule is CCNC(=NCc1nc(C)c(C)o1)NCCSc1ccc(C)cc1. The van der Waals surface area contributed by atoms with Gasteiger partial charge in [0.05, 0.1) is 5.69 Å². The van der Waals surface area contributed by atoms with Gasteiger partial charge in [-0.15, -0.1) is 11.8 Å². The second-order valence-electron chi connectivity index (χ2n) is 5.53. The maximum absolute atomic E-state index is 5.56. The molecule has 0 bridgehead atoms. The van der Waals surface area contributed by atoms with Crippen LogP contribution >= 0.6 is 11.8 Å². The number of benzene rings is 1. The first-order chi connectivity index (χ1) is 11.6. The molecular weight excluding hydrogens is 320 g/mol. The monoisotopic (exact) mass is 346 g/mol. The van der Waals surface area contributed by atoms with E-state index in [0.717, 1.165) is 36.3 Å². The van der Waals surface area contributed by atoms with Crippen LogP contribution in [-0.4, -0.2) is 29.8 Å². The van der Waals surface area contributed by atoms with E-state index in [1.807, 2.05) is 25.6 Å². The number of nitrogens with one attached hydrogen (secondary N) is 2. The standard InChI is InChI=1S/C18H26N4OS/c1-5-19-18(21-12-17-22-14(3)15(4)23-17)20-10-11-24-16-8-6-13(2)7-9-16/h6-9H,5,10-12H2,1-4H3,(H2,19,20,21). The smallest absolute Gasteiger partial charge is 0.216 e. The molecule has 0 radical (unpaired) electrons. The van der Waals surface area contributed by atoms with Crippen molar-refractivity contribution < 1.29 is 4.42 Å². The van der Waals surface area contributed by atoms with Crippen LogP contribution in [0, 0.1) is 20.8 Å². The lowest BCUT2D eigenvalue weighted by Crippen LogP contribution is -2.38. The van der Waals surface area contributed by atoms with E-state index in [1.165, 1.54) is 10.5 Å². The number of nitrogens with zero attached hydrogens (tertiary/aromatic N) is 2. The number of aromatic nitrogens is 1. The Bertz CT molecular complexity index is 645. The van der Waals surface area contributed by atoms with Gasteiger partial charge in [-0.25, -0.2) is 9.98 Å². The first kappa shape index (κ1) is 18.4. The number of aryl methyl sites for hydroxylation is 3. The number of thioether (sulfide) groups is 1. The molecule has 1 heterocycles. The van der Waals surface area contributed by atoms with Crippen molar-refractivity contribution in [3.63, 3.8) is 0 Å². The average Bonchev–Trinajstić information content (AvgIpc) is 2.89. The Hall–Kier alpha value is -1.95. The summed E-state index contributed by atoms with van der Waals surface area (Å²) in [6, 6.07) is 8.60. The summed E-state index contributed by atoms with van der Waals surface area (Å²) >= 11 is 1.83. The van der Waals surface area contributed by atoms with E-state index in [9.17, 15) is 0 Å². The van der Waals surface area contributed by atoms with Crippen molar-refractivity contribution in [2.45, 2.75) is 39.1 Å². The highest BCUT2D eigenvalue weighted by atomic mass is 32.2. The zero-order valence-electron chi connectivity index (χ0n) is 14.8. The van der Waals surface area contributed by atoms with Gasteiger partial charge in [-0.05, 0) is 39.8 Å². The van der Waals surface area contributed by atoms with E-state index < -0.39 is 0 Å². The molecule has 1 aromatic carbocycles. The number of oxazole rings is 1. The minimum atomic E-state index is 0.440. The lowest BCUT2D eigenvalue weighted by molar-refractivity contribution is 0.473. The van der Waals surface area contributed by atoms with Crippen molar-refractivity contribution in [3.8, 4) is 0 Å². The highest BCUT2D eigenvalue weighted by molar-refractivity contribution is 7.99. The van der Waals surface area contributed by atoms with Gasteiger partial charge in [0.25, 0.3) is 0 Å².